The highest BCUT2D eigenvalue weighted by Gasteiger charge is 2.51. The largest absolute Gasteiger partial charge is 0.455 e. The van der Waals surface area contributed by atoms with Crippen molar-refractivity contribution in [1.82, 2.24) is 0 Å². The number of anilines is 3. The summed E-state index contributed by atoms with van der Waals surface area (Å²) in [6.45, 7) is 0. The van der Waals surface area contributed by atoms with Gasteiger partial charge in [-0.25, -0.2) is 0 Å². The quantitative estimate of drug-likeness (QED) is 0.178. The summed E-state index contributed by atoms with van der Waals surface area (Å²) in [5, 5.41) is 6.97. The lowest BCUT2D eigenvalue weighted by molar-refractivity contribution is 0.670. The Hall–Kier alpha value is -7.68. The molecule has 0 radical (unpaired) electrons. The van der Waals surface area contributed by atoms with Gasteiger partial charge in [0.05, 0.1) is 16.5 Å². The maximum absolute atomic E-state index is 7.10. The van der Waals surface area contributed by atoms with Crippen molar-refractivity contribution < 1.29 is 4.42 Å². The van der Waals surface area contributed by atoms with Crippen LogP contribution in [0.2, 0.25) is 0 Å². The summed E-state index contributed by atoms with van der Waals surface area (Å²) < 4.78 is 7.10. The molecule has 1 spiro atoms. The average molecular weight is 750 g/mol. The summed E-state index contributed by atoms with van der Waals surface area (Å²) in [4.78, 5) is 2.44. The zero-order valence-corrected chi connectivity index (χ0v) is 32.1. The van der Waals surface area contributed by atoms with Crippen LogP contribution in [0.25, 0.3) is 76.9 Å². The van der Waals surface area contributed by atoms with E-state index in [-0.39, 0.29) is 0 Å². The van der Waals surface area contributed by atoms with Gasteiger partial charge in [0.15, 0.2) is 0 Å². The van der Waals surface area contributed by atoms with Gasteiger partial charge in [0.2, 0.25) is 0 Å². The van der Waals surface area contributed by atoms with Gasteiger partial charge in [-0.1, -0.05) is 170 Å². The van der Waals surface area contributed by atoms with Crippen LogP contribution in [-0.4, -0.2) is 0 Å². The number of fused-ring (bicyclic) bond motifs is 15. The molecule has 2 aliphatic rings. The first-order valence-electron chi connectivity index (χ1n) is 20.4. The molecule has 0 amide bonds. The normalized spacial score (nSPS) is 13.2. The van der Waals surface area contributed by atoms with Crippen molar-refractivity contribution in [3.63, 3.8) is 0 Å². The van der Waals surface area contributed by atoms with Crippen LogP contribution < -0.4 is 4.90 Å². The summed E-state index contributed by atoms with van der Waals surface area (Å²) in [7, 11) is 0. The predicted molar refractivity (Wildman–Crippen MR) is 245 cm³/mol. The second-order valence-corrected chi connectivity index (χ2v) is 15.9. The molecule has 0 aliphatic heterocycles. The highest BCUT2D eigenvalue weighted by molar-refractivity contribution is 6.23. The molecule has 0 fully saturated rings. The molecule has 2 aliphatic carbocycles. The van der Waals surface area contributed by atoms with Gasteiger partial charge in [0.25, 0.3) is 0 Å². The van der Waals surface area contributed by atoms with Crippen molar-refractivity contribution in [2.24, 2.45) is 0 Å². The molecular formula is C57H35NO. The second-order valence-electron chi connectivity index (χ2n) is 15.9. The van der Waals surface area contributed by atoms with Gasteiger partial charge < -0.3 is 9.32 Å². The summed E-state index contributed by atoms with van der Waals surface area (Å²) in [6.07, 6.45) is 0. The van der Waals surface area contributed by atoms with Crippen LogP contribution in [0.1, 0.15) is 22.3 Å². The molecule has 0 bridgehead atoms. The summed E-state index contributed by atoms with van der Waals surface area (Å²) in [6, 6.07) is 77.9. The number of para-hydroxylation sites is 1. The third kappa shape index (κ3) is 4.35. The second kappa shape index (κ2) is 12.2. The topological polar surface area (TPSA) is 16.4 Å². The summed E-state index contributed by atoms with van der Waals surface area (Å²) in [5.74, 6) is 0. The molecule has 0 saturated carbocycles. The number of nitrogens with zero attached hydrogens (tertiary/aromatic N) is 1. The van der Waals surface area contributed by atoms with E-state index in [1.165, 1.54) is 71.6 Å². The first-order chi connectivity index (χ1) is 29.3. The smallest absolute Gasteiger partial charge is 0.143 e. The number of hydrogen-bond acceptors (Lipinski definition) is 2. The molecule has 0 atom stereocenters. The maximum Gasteiger partial charge on any atom is 0.143 e. The van der Waals surface area contributed by atoms with Gasteiger partial charge in [0, 0.05) is 22.3 Å². The molecule has 13 rings (SSSR count). The van der Waals surface area contributed by atoms with Crippen molar-refractivity contribution in [2.75, 3.05) is 4.90 Å². The highest BCUT2D eigenvalue weighted by Crippen LogP contribution is 2.63. The molecule has 2 nitrogen and oxygen atoms in total. The number of hydrogen-bond donors (Lipinski definition) is 0. The Morgan fingerprint density at radius 2 is 0.915 bits per heavy atom. The van der Waals surface area contributed by atoms with E-state index in [1.807, 2.05) is 0 Å². The maximum atomic E-state index is 7.10. The van der Waals surface area contributed by atoms with Crippen LogP contribution >= 0.6 is 0 Å². The predicted octanol–water partition coefficient (Wildman–Crippen LogP) is 15.4. The van der Waals surface area contributed by atoms with Crippen molar-refractivity contribution in [3.05, 3.63) is 235 Å². The van der Waals surface area contributed by atoms with Crippen LogP contribution in [0, 0.1) is 0 Å². The molecule has 1 heterocycles. The average Bonchev–Trinajstić information content (AvgIpc) is 3.93. The Morgan fingerprint density at radius 1 is 0.356 bits per heavy atom. The third-order valence-electron chi connectivity index (χ3n) is 13.0. The molecular weight excluding hydrogens is 715 g/mol. The van der Waals surface area contributed by atoms with E-state index in [0.717, 1.165) is 44.6 Å². The standard InChI is InChI=1S/C57H35NO/c1-2-19-38(20-3-1)58(39-32-33-45-44-25-10-13-29-50(44)57(51(45)35-39)48-27-11-8-23-42(48)43-24-9-12-28-49(43)57)52-30-15-31-53-55(52)47-34-37-17-5-7-22-41(37)54(56(47)59-53)46-26-14-18-36-16-4-6-21-40(36)46/h1-35H. The molecule has 0 N–H and O–H groups in total. The van der Waals surface area contributed by atoms with Crippen molar-refractivity contribution >= 4 is 60.5 Å². The highest BCUT2D eigenvalue weighted by atomic mass is 16.3. The monoisotopic (exact) mass is 749 g/mol. The fourth-order valence-corrected chi connectivity index (χ4v) is 10.7. The third-order valence-corrected chi connectivity index (χ3v) is 13.0. The number of benzene rings is 10. The van der Waals surface area contributed by atoms with Crippen molar-refractivity contribution in [2.45, 2.75) is 5.41 Å². The van der Waals surface area contributed by atoms with Gasteiger partial charge in [-0.05, 0) is 114 Å². The molecule has 11 aromatic rings. The Kier molecular flexibility index (Phi) is 6.68. The summed E-state index contributed by atoms with van der Waals surface area (Å²) >= 11 is 0. The Morgan fingerprint density at radius 3 is 1.64 bits per heavy atom. The van der Waals surface area contributed by atoms with E-state index in [9.17, 15) is 0 Å². The molecule has 1 aromatic heterocycles. The lowest BCUT2D eigenvalue weighted by atomic mass is 9.70. The zero-order valence-electron chi connectivity index (χ0n) is 32.1. The van der Waals surface area contributed by atoms with E-state index >= 15 is 0 Å². The van der Waals surface area contributed by atoms with E-state index in [2.05, 4.69) is 217 Å². The fourth-order valence-electron chi connectivity index (χ4n) is 10.7. The zero-order chi connectivity index (χ0) is 38.7. The molecule has 274 valence electrons. The van der Waals surface area contributed by atoms with E-state index in [1.54, 1.807) is 0 Å². The molecule has 10 aromatic carbocycles. The number of furan rings is 1. The SMILES string of the molecule is c1ccc(N(c2ccc3c(c2)C2(c4ccccc4-c4ccccc42)c2ccccc2-3)c2cccc3oc4c(-c5cccc6ccccc56)c5ccccc5cc4c23)cc1. The van der Waals surface area contributed by atoms with E-state index in [0.29, 0.717) is 0 Å². The minimum atomic E-state index is -0.446. The Balaban J connectivity index is 1.11. The molecule has 59 heavy (non-hydrogen) atoms. The van der Waals surface area contributed by atoms with Crippen LogP contribution in [-0.2, 0) is 5.41 Å². The van der Waals surface area contributed by atoms with E-state index in [4.69, 9.17) is 4.42 Å². The lowest BCUT2D eigenvalue weighted by Crippen LogP contribution is -2.26. The minimum Gasteiger partial charge on any atom is -0.455 e. The molecule has 0 unspecified atom stereocenters. The van der Waals surface area contributed by atoms with Gasteiger partial charge >= 0.3 is 0 Å². The van der Waals surface area contributed by atoms with Gasteiger partial charge in [-0.15, -0.1) is 0 Å². The lowest BCUT2D eigenvalue weighted by Gasteiger charge is -2.32. The fraction of sp³-hybridized carbons (Fsp3) is 0.0175. The van der Waals surface area contributed by atoms with Gasteiger partial charge in [-0.2, -0.15) is 0 Å². The first-order valence-corrected chi connectivity index (χ1v) is 20.4. The van der Waals surface area contributed by atoms with Crippen LogP contribution in [0.4, 0.5) is 17.1 Å². The van der Waals surface area contributed by atoms with Crippen LogP contribution in [0.3, 0.4) is 0 Å². The Bertz CT molecular complexity index is 3450. The first kappa shape index (κ1) is 32.4. The Labute approximate surface area is 341 Å². The molecule has 2 heteroatoms. The molecule has 0 saturated heterocycles. The van der Waals surface area contributed by atoms with Crippen molar-refractivity contribution in [1.29, 1.82) is 0 Å². The summed E-state index contributed by atoms with van der Waals surface area (Å²) in [5.41, 5.74) is 17.4. The van der Waals surface area contributed by atoms with Crippen LogP contribution in [0.5, 0.6) is 0 Å². The van der Waals surface area contributed by atoms with Crippen LogP contribution in [0.15, 0.2) is 217 Å². The number of rotatable bonds is 4. The minimum absolute atomic E-state index is 0.446. The van der Waals surface area contributed by atoms with Gasteiger partial charge in [-0.3, -0.25) is 0 Å². The van der Waals surface area contributed by atoms with Crippen molar-refractivity contribution in [3.8, 4) is 33.4 Å². The van der Waals surface area contributed by atoms with Gasteiger partial charge in [0.1, 0.15) is 11.2 Å². The van der Waals surface area contributed by atoms with E-state index < -0.39 is 5.41 Å².